The molecule has 0 fully saturated rings. The van der Waals surface area contributed by atoms with Gasteiger partial charge in [0.1, 0.15) is 5.82 Å². The molecule has 3 N–H and O–H groups in total. The summed E-state index contributed by atoms with van der Waals surface area (Å²) in [6.45, 7) is 3.16. The molecule has 0 saturated heterocycles. The maximum absolute atomic E-state index is 5.72. The van der Waals surface area contributed by atoms with Crippen LogP contribution in [0.25, 0.3) is 10.9 Å². The van der Waals surface area contributed by atoms with E-state index in [-0.39, 0.29) is 0 Å². The standard InChI is InChI=1S/C13H17N3/c1-2-3-8-15-13-7-4-10-9-11(14)5-6-12(10)16-13/h4-7,9H,2-3,8,14H2,1H3,(H,15,16). The molecule has 0 amide bonds. The van der Waals surface area contributed by atoms with Crippen molar-refractivity contribution in [2.24, 2.45) is 0 Å². The van der Waals surface area contributed by atoms with E-state index in [0.717, 1.165) is 29.0 Å². The second kappa shape index (κ2) is 4.84. The monoisotopic (exact) mass is 215 g/mol. The molecule has 84 valence electrons. The number of anilines is 2. The third-order valence-corrected chi connectivity index (χ3v) is 2.55. The minimum absolute atomic E-state index is 0.779. The number of nitrogens with one attached hydrogen (secondary N) is 1. The Bertz CT molecular complexity index is 480. The van der Waals surface area contributed by atoms with Gasteiger partial charge in [-0.2, -0.15) is 0 Å². The fourth-order valence-corrected chi connectivity index (χ4v) is 1.64. The topological polar surface area (TPSA) is 50.9 Å². The van der Waals surface area contributed by atoms with Gasteiger partial charge in [-0.05, 0) is 36.8 Å². The molecule has 0 radical (unpaired) electrons. The molecule has 2 aromatic rings. The van der Waals surface area contributed by atoms with Crippen molar-refractivity contribution in [1.29, 1.82) is 0 Å². The first kappa shape index (κ1) is 10.7. The molecular formula is C13H17N3. The smallest absolute Gasteiger partial charge is 0.126 e. The molecule has 0 bridgehead atoms. The second-order valence-corrected chi connectivity index (χ2v) is 3.93. The quantitative estimate of drug-likeness (QED) is 0.609. The van der Waals surface area contributed by atoms with Crippen LogP contribution in [0.1, 0.15) is 19.8 Å². The summed E-state index contributed by atoms with van der Waals surface area (Å²) in [5.74, 6) is 0.936. The van der Waals surface area contributed by atoms with Crippen LogP contribution in [0.15, 0.2) is 30.3 Å². The summed E-state index contributed by atoms with van der Waals surface area (Å²) >= 11 is 0. The van der Waals surface area contributed by atoms with Crippen LogP contribution in [0.5, 0.6) is 0 Å². The SMILES string of the molecule is CCCCNc1ccc2cc(N)ccc2n1. The van der Waals surface area contributed by atoms with Crippen LogP contribution in [0.2, 0.25) is 0 Å². The van der Waals surface area contributed by atoms with E-state index >= 15 is 0 Å². The highest BCUT2D eigenvalue weighted by Crippen LogP contribution is 2.17. The van der Waals surface area contributed by atoms with Crippen LogP contribution in [-0.2, 0) is 0 Å². The summed E-state index contributed by atoms with van der Waals surface area (Å²) in [6.07, 6.45) is 2.36. The van der Waals surface area contributed by atoms with Crippen molar-refractivity contribution in [1.82, 2.24) is 4.98 Å². The first-order valence-corrected chi connectivity index (χ1v) is 5.70. The minimum Gasteiger partial charge on any atom is -0.399 e. The summed E-state index contributed by atoms with van der Waals surface area (Å²) in [5, 5.41) is 4.39. The molecule has 1 heterocycles. The highest BCUT2D eigenvalue weighted by atomic mass is 15.0. The predicted octanol–water partition coefficient (Wildman–Crippen LogP) is 3.03. The average Bonchev–Trinajstić information content (AvgIpc) is 2.29. The minimum atomic E-state index is 0.779. The molecule has 0 saturated carbocycles. The fraction of sp³-hybridized carbons (Fsp3) is 0.308. The van der Waals surface area contributed by atoms with Gasteiger partial charge < -0.3 is 11.1 Å². The number of fused-ring (bicyclic) bond motifs is 1. The lowest BCUT2D eigenvalue weighted by Gasteiger charge is -2.06. The van der Waals surface area contributed by atoms with Gasteiger partial charge in [0.15, 0.2) is 0 Å². The van der Waals surface area contributed by atoms with Gasteiger partial charge in [0, 0.05) is 17.6 Å². The van der Waals surface area contributed by atoms with Gasteiger partial charge in [-0.25, -0.2) is 4.98 Å². The largest absolute Gasteiger partial charge is 0.399 e. The summed E-state index contributed by atoms with van der Waals surface area (Å²) in [6, 6.07) is 9.82. The molecule has 0 unspecified atom stereocenters. The van der Waals surface area contributed by atoms with E-state index in [1.54, 1.807) is 0 Å². The molecule has 1 aromatic carbocycles. The zero-order valence-electron chi connectivity index (χ0n) is 9.53. The Morgan fingerprint density at radius 1 is 1.25 bits per heavy atom. The summed E-state index contributed by atoms with van der Waals surface area (Å²) in [5.41, 5.74) is 7.48. The molecule has 0 atom stereocenters. The van der Waals surface area contributed by atoms with Gasteiger partial charge in [-0.15, -0.1) is 0 Å². The number of rotatable bonds is 4. The van der Waals surface area contributed by atoms with Gasteiger partial charge >= 0.3 is 0 Å². The zero-order valence-corrected chi connectivity index (χ0v) is 9.53. The molecule has 16 heavy (non-hydrogen) atoms. The van der Waals surface area contributed by atoms with Gasteiger partial charge in [0.05, 0.1) is 5.52 Å². The van der Waals surface area contributed by atoms with Crippen LogP contribution in [0.3, 0.4) is 0 Å². The normalized spacial score (nSPS) is 10.6. The van der Waals surface area contributed by atoms with Gasteiger partial charge in [0.2, 0.25) is 0 Å². The van der Waals surface area contributed by atoms with Crippen molar-refractivity contribution in [3.8, 4) is 0 Å². The Labute approximate surface area is 95.7 Å². The summed E-state index contributed by atoms with van der Waals surface area (Å²) < 4.78 is 0. The molecule has 0 spiro atoms. The van der Waals surface area contributed by atoms with E-state index in [1.165, 1.54) is 12.8 Å². The van der Waals surface area contributed by atoms with E-state index in [0.29, 0.717) is 0 Å². The van der Waals surface area contributed by atoms with Crippen LogP contribution in [-0.4, -0.2) is 11.5 Å². The second-order valence-electron chi connectivity index (χ2n) is 3.93. The lowest BCUT2D eigenvalue weighted by molar-refractivity contribution is 0.831. The Balaban J connectivity index is 2.20. The molecule has 2 rings (SSSR count). The molecule has 3 heteroatoms. The highest BCUT2D eigenvalue weighted by Gasteiger charge is 1.98. The van der Waals surface area contributed by atoms with Crippen molar-refractivity contribution >= 4 is 22.4 Å². The first-order valence-electron chi connectivity index (χ1n) is 5.70. The first-order chi connectivity index (χ1) is 7.79. The molecule has 0 aliphatic heterocycles. The van der Waals surface area contributed by atoms with Crippen LogP contribution < -0.4 is 11.1 Å². The number of aromatic nitrogens is 1. The number of unbranched alkanes of at least 4 members (excludes halogenated alkanes) is 1. The van der Waals surface area contributed by atoms with E-state index in [2.05, 4.69) is 17.2 Å². The molecular weight excluding hydrogens is 198 g/mol. The number of hydrogen-bond donors (Lipinski definition) is 2. The lowest BCUT2D eigenvalue weighted by Crippen LogP contribution is -2.02. The maximum Gasteiger partial charge on any atom is 0.126 e. The number of nitrogen functional groups attached to an aromatic ring is 1. The van der Waals surface area contributed by atoms with Gasteiger partial charge in [-0.1, -0.05) is 13.3 Å². The third kappa shape index (κ3) is 2.42. The van der Waals surface area contributed by atoms with E-state index in [1.807, 2.05) is 30.3 Å². The van der Waals surface area contributed by atoms with Crippen molar-refractivity contribution in [3.05, 3.63) is 30.3 Å². The summed E-state index contributed by atoms with van der Waals surface area (Å²) in [7, 11) is 0. The maximum atomic E-state index is 5.72. The van der Waals surface area contributed by atoms with Crippen molar-refractivity contribution in [3.63, 3.8) is 0 Å². The average molecular weight is 215 g/mol. The van der Waals surface area contributed by atoms with Crippen LogP contribution in [0.4, 0.5) is 11.5 Å². The van der Waals surface area contributed by atoms with Crippen LogP contribution in [0, 0.1) is 0 Å². The van der Waals surface area contributed by atoms with Crippen molar-refractivity contribution < 1.29 is 0 Å². The van der Waals surface area contributed by atoms with Crippen molar-refractivity contribution in [2.75, 3.05) is 17.6 Å². The van der Waals surface area contributed by atoms with Crippen LogP contribution >= 0.6 is 0 Å². The molecule has 0 aliphatic rings. The highest BCUT2D eigenvalue weighted by molar-refractivity contribution is 5.83. The predicted molar refractivity (Wildman–Crippen MR) is 69.6 cm³/mol. The Hall–Kier alpha value is -1.77. The molecule has 1 aromatic heterocycles. The number of hydrogen-bond acceptors (Lipinski definition) is 3. The molecule has 0 aliphatic carbocycles. The number of pyridine rings is 1. The van der Waals surface area contributed by atoms with E-state index in [4.69, 9.17) is 5.73 Å². The Morgan fingerprint density at radius 2 is 2.12 bits per heavy atom. The number of nitrogens with two attached hydrogens (primary N) is 1. The number of benzene rings is 1. The van der Waals surface area contributed by atoms with E-state index < -0.39 is 0 Å². The van der Waals surface area contributed by atoms with Gasteiger partial charge in [-0.3, -0.25) is 0 Å². The molecule has 3 nitrogen and oxygen atoms in total. The lowest BCUT2D eigenvalue weighted by atomic mass is 10.2. The summed E-state index contributed by atoms with van der Waals surface area (Å²) in [4.78, 5) is 4.52. The fourth-order valence-electron chi connectivity index (χ4n) is 1.64. The zero-order chi connectivity index (χ0) is 11.4. The Morgan fingerprint density at radius 3 is 2.94 bits per heavy atom. The third-order valence-electron chi connectivity index (χ3n) is 2.55. The van der Waals surface area contributed by atoms with E-state index in [9.17, 15) is 0 Å². The van der Waals surface area contributed by atoms with Gasteiger partial charge in [0.25, 0.3) is 0 Å². The number of nitrogens with zero attached hydrogens (tertiary/aromatic N) is 1. The van der Waals surface area contributed by atoms with Crippen molar-refractivity contribution in [2.45, 2.75) is 19.8 Å². The Kier molecular flexibility index (Phi) is 3.25.